The number of nitrogens with one attached hydrogen (secondary N) is 1. The molecule has 3 fully saturated rings. The van der Waals surface area contributed by atoms with Gasteiger partial charge in [-0.15, -0.1) is 0 Å². The summed E-state index contributed by atoms with van der Waals surface area (Å²) < 4.78 is 1.91. The van der Waals surface area contributed by atoms with Gasteiger partial charge in [-0.3, -0.25) is 4.79 Å². The van der Waals surface area contributed by atoms with Crippen molar-refractivity contribution in [1.29, 1.82) is 5.26 Å². The predicted molar refractivity (Wildman–Crippen MR) is 88.1 cm³/mol. The Morgan fingerprint density at radius 1 is 1.30 bits per heavy atom. The SMILES string of the molecule is Cn1c(C(=O)NC2CN3CCC2CC3)cc2cc(C#N)ccc21. The van der Waals surface area contributed by atoms with Crippen molar-refractivity contribution in [3.8, 4) is 6.07 Å². The molecule has 0 radical (unpaired) electrons. The van der Waals surface area contributed by atoms with Crippen LogP contribution in [0.2, 0.25) is 0 Å². The Bertz CT molecular complexity index is 808. The zero-order valence-electron chi connectivity index (χ0n) is 13.2. The molecule has 1 amide bonds. The van der Waals surface area contributed by atoms with Crippen LogP contribution in [0.4, 0.5) is 0 Å². The molecule has 5 rings (SSSR count). The molecule has 23 heavy (non-hydrogen) atoms. The zero-order chi connectivity index (χ0) is 16.0. The Morgan fingerprint density at radius 2 is 2.09 bits per heavy atom. The van der Waals surface area contributed by atoms with Gasteiger partial charge in [0.15, 0.2) is 0 Å². The third-order valence-electron chi connectivity index (χ3n) is 5.38. The van der Waals surface area contributed by atoms with Crippen LogP contribution in [0.15, 0.2) is 24.3 Å². The molecule has 1 aromatic heterocycles. The van der Waals surface area contributed by atoms with Crippen LogP contribution in [0.3, 0.4) is 0 Å². The van der Waals surface area contributed by atoms with Gasteiger partial charge < -0.3 is 14.8 Å². The molecular weight excluding hydrogens is 288 g/mol. The Labute approximate surface area is 135 Å². The molecule has 4 heterocycles. The maximum atomic E-state index is 12.7. The van der Waals surface area contributed by atoms with Crippen LogP contribution >= 0.6 is 0 Å². The van der Waals surface area contributed by atoms with E-state index in [1.165, 1.54) is 25.9 Å². The van der Waals surface area contributed by atoms with E-state index in [-0.39, 0.29) is 11.9 Å². The third-order valence-corrected chi connectivity index (χ3v) is 5.38. The van der Waals surface area contributed by atoms with E-state index in [1.807, 2.05) is 29.8 Å². The summed E-state index contributed by atoms with van der Waals surface area (Å²) in [6.45, 7) is 3.31. The predicted octanol–water partition coefficient (Wildman–Crippen LogP) is 1.87. The van der Waals surface area contributed by atoms with Gasteiger partial charge in [-0.05, 0) is 56.1 Å². The number of piperidine rings is 3. The van der Waals surface area contributed by atoms with Crippen molar-refractivity contribution in [3.05, 3.63) is 35.5 Å². The smallest absolute Gasteiger partial charge is 0.268 e. The van der Waals surface area contributed by atoms with Gasteiger partial charge in [-0.1, -0.05) is 0 Å². The summed E-state index contributed by atoms with van der Waals surface area (Å²) in [5.41, 5.74) is 2.25. The minimum absolute atomic E-state index is 0.0130. The van der Waals surface area contributed by atoms with Gasteiger partial charge in [0.1, 0.15) is 5.69 Å². The average molecular weight is 308 g/mol. The van der Waals surface area contributed by atoms with Crippen LogP contribution in [0.25, 0.3) is 10.9 Å². The summed E-state index contributed by atoms with van der Waals surface area (Å²) >= 11 is 0. The summed E-state index contributed by atoms with van der Waals surface area (Å²) in [7, 11) is 1.90. The highest BCUT2D eigenvalue weighted by atomic mass is 16.2. The summed E-state index contributed by atoms with van der Waals surface area (Å²) in [4.78, 5) is 15.2. The fourth-order valence-electron chi connectivity index (χ4n) is 4.01. The fraction of sp³-hybridized carbons (Fsp3) is 0.444. The highest BCUT2D eigenvalue weighted by Crippen LogP contribution is 2.28. The Hall–Kier alpha value is -2.32. The molecule has 5 heteroatoms. The molecule has 3 aliphatic heterocycles. The summed E-state index contributed by atoms with van der Waals surface area (Å²) in [6.07, 6.45) is 2.37. The third kappa shape index (κ3) is 2.40. The van der Waals surface area contributed by atoms with E-state index in [4.69, 9.17) is 5.26 Å². The molecule has 1 N–H and O–H groups in total. The first-order valence-corrected chi connectivity index (χ1v) is 8.18. The number of hydrogen-bond acceptors (Lipinski definition) is 3. The fourth-order valence-corrected chi connectivity index (χ4v) is 4.01. The van der Waals surface area contributed by atoms with E-state index in [2.05, 4.69) is 16.3 Å². The van der Waals surface area contributed by atoms with Gasteiger partial charge in [-0.2, -0.15) is 5.26 Å². The van der Waals surface area contributed by atoms with E-state index in [0.29, 0.717) is 17.2 Å². The molecule has 1 aromatic carbocycles. The minimum atomic E-state index is -0.0130. The highest BCUT2D eigenvalue weighted by molar-refractivity contribution is 5.99. The van der Waals surface area contributed by atoms with Crippen LogP contribution in [0, 0.1) is 17.2 Å². The number of aryl methyl sites for hydroxylation is 1. The molecule has 0 spiro atoms. The quantitative estimate of drug-likeness (QED) is 0.921. The van der Waals surface area contributed by atoms with Gasteiger partial charge in [0.05, 0.1) is 11.6 Å². The first-order valence-electron chi connectivity index (χ1n) is 8.18. The van der Waals surface area contributed by atoms with E-state index in [1.54, 1.807) is 6.07 Å². The van der Waals surface area contributed by atoms with Crippen molar-refractivity contribution in [2.75, 3.05) is 19.6 Å². The first-order chi connectivity index (χ1) is 11.2. The first kappa shape index (κ1) is 14.3. The van der Waals surface area contributed by atoms with Gasteiger partial charge in [0.25, 0.3) is 5.91 Å². The van der Waals surface area contributed by atoms with Crippen molar-refractivity contribution in [2.24, 2.45) is 13.0 Å². The van der Waals surface area contributed by atoms with Gasteiger partial charge >= 0.3 is 0 Å². The van der Waals surface area contributed by atoms with Gasteiger partial charge in [0, 0.05) is 30.5 Å². The van der Waals surface area contributed by atoms with Crippen LogP contribution in [-0.4, -0.2) is 41.1 Å². The largest absolute Gasteiger partial charge is 0.346 e. The number of amides is 1. The second-order valence-electron chi connectivity index (χ2n) is 6.69. The zero-order valence-corrected chi connectivity index (χ0v) is 13.2. The Kier molecular flexibility index (Phi) is 3.35. The molecule has 0 saturated carbocycles. The lowest BCUT2D eigenvalue weighted by Gasteiger charge is -2.44. The van der Waals surface area contributed by atoms with Crippen molar-refractivity contribution < 1.29 is 4.79 Å². The second-order valence-corrected chi connectivity index (χ2v) is 6.69. The number of aromatic nitrogens is 1. The van der Waals surface area contributed by atoms with Crippen molar-refractivity contribution in [2.45, 2.75) is 18.9 Å². The number of fused-ring (bicyclic) bond motifs is 4. The molecule has 0 aliphatic carbocycles. The molecule has 1 unspecified atom stereocenters. The van der Waals surface area contributed by atoms with E-state index in [9.17, 15) is 4.79 Å². The Balaban J connectivity index is 1.60. The van der Waals surface area contributed by atoms with E-state index in [0.717, 1.165) is 17.4 Å². The Morgan fingerprint density at radius 3 is 2.74 bits per heavy atom. The molecular formula is C18H20N4O. The number of nitriles is 1. The minimum Gasteiger partial charge on any atom is -0.346 e. The van der Waals surface area contributed by atoms with Crippen molar-refractivity contribution >= 4 is 16.8 Å². The standard InChI is InChI=1S/C18H20N4O/c1-21-16-3-2-12(10-19)8-14(16)9-17(21)18(23)20-15-11-22-6-4-13(15)5-7-22/h2-3,8-9,13,15H,4-7,11H2,1H3,(H,20,23). The summed E-state index contributed by atoms with van der Waals surface area (Å²) in [6, 6.07) is 9.81. The highest BCUT2D eigenvalue weighted by Gasteiger charge is 2.35. The summed E-state index contributed by atoms with van der Waals surface area (Å²) in [5.74, 6) is 0.602. The number of carbonyl (C=O) groups excluding carboxylic acids is 1. The number of carbonyl (C=O) groups is 1. The van der Waals surface area contributed by atoms with Crippen molar-refractivity contribution in [3.63, 3.8) is 0 Å². The van der Waals surface area contributed by atoms with Crippen LogP contribution in [0.1, 0.15) is 28.9 Å². The molecule has 5 nitrogen and oxygen atoms in total. The molecule has 2 aromatic rings. The van der Waals surface area contributed by atoms with Gasteiger partial charge in [0.2, 0.25) is 0 Å². The maximum absolute atomic E-state index is 12.7. The maximum Gasteiger partial charge on any atom is 0.268 e. The molecule has 1 atom stereocenters. The topological polar surface area (TPSA) is 61.1 Å². The molecule has 3 saturated heterocycles. The number of hydrogen-bond donors (Lipinski definition) is 1. The number of rotatable bonds is 2. The van der Waals surface area contributed by atoms with E-state index < -0.39 is 0 Å². The van der Waals surface area contributed by atoms with E-state index >= 15 is 0 Å². The average Bonchev–Trinajstić information content (AvgIpc) is 2.92. The number of benzene rings is 1. The van der Waals surface area contributed by atoms with Crippen molar-refractivity contribution in [1.82, 2.24) is 14.8 Å². The lowest BCUT2D eigenvalue weighted by molar-refractivity contribution is 0.0616. The summed E-state index contributed by atoms with van der Waals surface area (Å²) in [5, 5.41) is 13.2. The normalized spacial score (nSPS) is 26.2. The lowest BCUT2D eigenvalue weighted by Crippen LogP contribution is -2.57. The molecule has 3 aliphatic rings. The van der Waals surface area contributed by atoms with Crippen LogP contribution < -0.4 is 5.32 Å². The second kappa shape index (κ2) is 5.39. The lowest BCUT2D eigenvalue weighted by atomic mass is 9.84. The molecule has 118 valence electrons. The van der Waals surface area contributed by atoms with Gasteiger partial charge in [-0.25, -0.2) is 0 Å². The monoisotopic (exact) mass is 308 g/mol. The van der Waals surface area contributed by atoms with Crippen LogP contribution in [0.5, 0.6) is 0 Å². The number of nitrogens with zero attached hydrogens (tertiary/aromatic N) is 3. The van der Waals surface area contributed by atoms with Crippen LogP contribution in [-0.2, 0) is 7.05 Å². The molecule has 2 bridgehead atoms.